The molecule has 3 aromatic rings. The second-order valence-electron chi connectivity index (χ2n) is 5.33. The molecule has 0 aliphatic heterocycles. The maximum atomic E-state index is 12.0. The van der Waals surface area contributed by atoms with Crippen LogP contribution in [0, 0.1) is 0 Å². The molecule has 0 atom stereocenters. The van der Waals surface area contributed by atoms with Crippen molar-refractivity contribution in [2.24, 2.45) is 0 Å². The molecular formula is C17H17NO5S. The summed E-state index contributed by atoms with van der Waals surface area (Å²) in [7, 11) is -2.37. The van der Waals surface area contributed by atoms with Crippen LogP contribution in [0.5, 0.6) is 11.5 Å². The van der Waals surface area contributed by atoms with E-state index >= 15 is 0 Å². The van der Waals surface area contributed by atoms with E-state index in [2.05, 4.69) is 0 Å². The summed E-state index contributed by atoms with van der Waals surface area (Å²) in [5, 5.41) is 22.1. The Morgan fingerprint density at radius 3 is 2.42 bits per heavy atom. The first kappa shape index (κ1) is 16.2. The first-order chi connectivity index (χ1) is 11.4. The third kappa shape index (κ3) is 2.46. The molecule has 0 spiro atoms. The fourth-order valence-electron chi connectivity index (χ4n) is 2.54. The molecule has 2 aromatic carbocycles. The highest BCUT2D eigenvalue weighted by Crippen LogP contribution is 2.48. The number of rotatable bonds is 4. The van der Waals surface area contributed by atoms with Crippen molar-refractivity contribution in [3.63, 3.8) is 0 Å². The van der Waals surface area contributed by atoms with E-state index in [0.717, 1.165) is 15.1 Å². The Hall–Kier alpha value is -2.67. The molecule has 1 heterocycles. The van der Waals surface area contributed by atoms with Gasteiger partial charge in [0.05, 0.1) is 5.75 Å². The molecule has 0 bridgehead atoms. The highest BCUT2D eigenvalue weighted by Gasteiger charge is 2.29. The van der Waals surface area contributed by atoms with Crippen molar-refractivity contribution in [1.29, 1.82) is 0 Å². The maximum Gasteiger partial charge on any atom is 0.256 e. The number of hydrogen-bond acceptors (Lipinski definition) is 5. The molecule has 0 amide bonds. The van der Waals surface area contributed by atoms with Gasteiger partial charge in [0, 0.05) is 12.6 Å². The van der Waals surface area contributed by atoms with Gasteiger partial charge in [-0.3, -0.25) is 0 Å². The quantitative estimate of drug-likeness (QED) is 0.756. The highest BCUT2D eigenvalue weighted by molar-refractivity contribution is 7.92. The average molecular weight is 347 g/mol. The molecular weight excluding hydrogens is 330 g/mol. The Labute approximate surface area is 139 Å². The monoisotopic (exact) mass is 347 g/mol. The van der Waals surface area contributed by atoms with Crippen molar-refractivity contribution in [3.8, 4) is 22.8 Å². The van der Waals surface area contributed by atoms with E-state index in [1.807, 2.05) is 30.3 Å². The lowest BCUT2D eigenvalue weighted by Crippen LogP contribution is -2.27. The van der Waals surface area contributed by atoms with Crippen molar-refractivity contribution in [2.45, 2.75) is 6.92 Å². The van der Waals surface area contributed by atoms with Gasteiger partial charge in [-0.2, -0.15) is 0 Å². The first-order valence-electron chi connectivity index (χ1n) is 7.36. The minimum Gasteiger partial charge on any atom is -0.502 e. The van der Waals surface area contributed by atoms with Crippen LogP contribution in [-0.2, 0) is 10.0 Å². The summed E-state index contributed by atoms with van der Waals surface area (Å²) in [5.74, 6) is -1.53. The molecule has 126 valence electrons. The van der Waals surface area contributed by atoms with Gasteiger partial charge in [0.15, 0.2) is 5.76 Å². The number of sulfonamides is 1. The van der Waals surface area contributed by atoms with E-state index in [0.29, 0.717) is 5.56 Å². The molecule has 3 rings (SSSR count). The first-order valence-corrected chi connectivity index (χ1v) is 8.97. The van der Waals surface area contributed by atoms with Gasteiger partial charge in [-0.1, -0.05) is 42.5 Å². The lowest BCUT2D eigenvalue weighted by Gasteiger charge is -2.15. The normalized spacial score (nSPS) is 11.8. The summed E-state index contributed by atoms with van der Waals surface area (Å²) in [6.07, 6.45) is 0. The molecule has 0 saturated carbocycles. The highest BCUT2D eigenvalue weighted by atomic mass is 32.2. The van der Waals surface area contributed by atoms with Crippen LogP contribution in [0.3, 0.4) is 0 Å². The van der Waals surface area contributed by atoms with Crippen LogP contribution < -0.4 is 4.31 Å². The van der Waals surface area contributed by atoms with Crippen LogP contribution in [0.15, 0.2) is 46.9 Å². The molecule has 24 heavy (non-hydrogen) atoms. The summed E-state index contributed by atoms with van der Waals surface area (Å²) >= 11 is 0. The molecule has 6 nitrogen and oxygen atoms in total. The smallest absolute Gasteiger partial charge is 0.256 e. The van der Waals surface area contributed by atoms with Gasteiger partial charge in [0.1, 0.15) is 0 Å². The zero-order valence-corrected chi connectivity index (χ0v) is 14.0. The second kappa shape index (κ2) is 5.76. The summed E-state index contributed by atoms with van der Waals surface area (Å²) in [6.45, 7) is 1.48. The number of nitrogens with zero attached hydrogens (tertiary/aromatic N) is 1. The minimum absolute atomic E-state index is 0.0254. The van der Waals surface area contributed by atoms with Crippen molar-refractivity contribution >= 4 is 26.7 Å². The van der Waals surface area contributed by atoms with E-state index in [-0.39, 0.29) is 17.4 Å². The lowest BCUT2D eigenvalue weighted by molar-refractivity contribution is 0.409. The number of furan rings is 1. The maximum absolute atomic E-state index is 12.0. The van der Waals surface area contributed by atoms with Crippen molar-refractivity contribution in [2.75, 3.05) is 17.1 Å². The van der Waals surface area contributed by atoms with Gasteiger partial charge in [0.25, 0.3) is 5.88 Å². The van der Waals surface area contributed by atoms with E-state index < -0.39 is 21.5 Å². The minimum atomic E-state index is -3.63. The van der Waals surface area contributed by atoms with E-state index in [4.69, 9.17) is 4.42 Å². The van der Waals surface area contributed by atoms with Gasteiger partial charge in [0.2, 0.25) is 21.5 Å². The van der Waals surface area contributed by atoms with Crippen molar-refractivity contribution in [3.05, 3.63) is 42.5 Å². The lowest BCUT2D eigenvalue weighted by atomic mass is 10.0. The van der Waals surface area contributed by atoms with Crippen molar-refractivity contribution < 1.29 is 23.0 Å². The topological polar surface area (TPSA) is 91.0 Å². The molecule has 0 aliphatic carbocycles. The summed E-state index contributed by atoms with van der Waals surface area (Å²) < 4.78 is 30.4. The Morgan fingerprint density at radius 2 is 1.71 bits per heavy atom. The predicted octanol–water partition coefficient (Wildman–Crippen LogP) is 3.30. The van der Waals surface area contributed by atoms with Crippen LogP contribution in [0.25, 0.3) is 22.1 Å². The zero-order chi connectivity index (χ0) is 17.5. The summed E-state index contributed by atoms with van der Waals surface area (Å²) in [4.78, 5) is 0. The second-order valence-corrected chi connectivity index (χ2v) is 7.62. The zero-order valence-electron chi connectivity index (χ0n) is 13.2. The van der Waals surface area contributed by atoms with Gasteiger partial charge in [-0.15, -0.1) is 0 Å². The van der Waals surface area contributed by atoms with Gasteiger partial charge < -0.3 is 14.6 Å². The molecule has 0 aliphatic rings. The fourth-order valence-corrected chi connectivity index (χ4v) is 3.31. The van der Waals surface area contributed by atoms with Gasteiger partial charge >= 0.3 is 0 Å². The Bertz CT molecular complexity index is 1000. The Balaban J connectivity index is 2.22. The number of benzene rings is 2. The number of fused-ring (bicyclic) bond motifs is 1. The average Bonchev–Trinajstić information content (AvgIpc) is 2.89. The Morgan fingerprint density at radius 1 is 1.04 bits per heavy atom. The third-order valence-corrected chi connectivity index (χ3v) is 5.67. The van der Waals surface area contributed by atoms with Crippen LogP contribution >= 0.6 is 0 Å². The van der Waals surface area contributed by atoms with E-state index in [1.165, 1.54) is 14.0 Å². The molecule has 7 heteroatoms. The molecule has 0 radical (unpaired) electrons. The Kier molecular flexibility index (Phi) is 3.88. The van der Waals surface area contributed by atoms with Crippen LogP contribution in [0.2, 0.25) is 0 Å². The van der Waals surface area contributed by atoms with Gasteiger partial charge in [-0.05, 0) is 17.7 Å². The fraction of sp³-hybridized carbons (Fsp3) is 0.176. The summed E-state index contributed by atoms with van der Waals surface area (Å²) in [6, 6.07) is 12.9. The summed E-state index contributed by atoms with van der Waals surface area (Å²) in [5.41, 5.74) is 0.564. The molecule has 2 N–H and O–H groups in total. The van der Waals surface area contributed by atoms with Crippen molar-refractivity contribution in [1.82, 2.24) is 0 Å². The molecule has 0 unspecified atom stereocenters. The largest absolute Gasteiger partial charge is 0.502 e. The number of aromatic hydroxyl groups is 2. The molecule has 0 saturated heterocycles. The third-order valence-electron chi connectivity index (χ3n) is 3.94. The van der Waals surface area contributed by atoms with E-state index in [9.17, 15) is 18.6 Å². The van der Waals surface area contributed by atoms with Crippen LogP contribution in [0.1, 0.15) is 6.92 Å². The SMILES string of the molecule is CCS(=O)(=O)N(C)c1oc(-c2cccc3ccccc23)c(O)c1O. The molecule has 0 fully saturated rings. The standard InChI is InChI=1S/C17H17NO5S/c1-3-24(21,22)18(2)17-15(20)14(19)16(23-17)13-10-6-8-11-7-4-5-9-12(11)13/h4-10,19-20H,3H2,1-2H3. The molecule has 1 aromatic heterocycles. The van der Waals surface area contributed by atoms with Crippen LogP contribution in [0.4, 0.5) is 5.88 Å². The van der Waals surface area contributed by atoms with Crippen LogP contribution in [-0.4, -0.2) is 31.4 Å². The van der Waals surface area contributed by atoms with Gasteiger partial charge in [-0.25, -0.2) is 12.7 Å². The predicted molar refractivity (Wildman–Crippen MR) is 92.8 cm³/mol. The number of hydrogen-bond donors (Lipinski definition) is 2. The number of anilines is 1. The van der Waals surface area contributed by atoms with E-state index in [1.54, 1.807) is 12.1 Å².